The van der Waals surface area contributed by atoms with E-state index in [-0.39, 0.29) is 5.91 Å². The predicted octanol–water partition coefficient (Wildman–Crippen LogP) is 4.77. The number of nitrogens with one attached hydrogen (secondary N) is 1. The number of aromatic nitrogens is 3. The van der Waals surface area contributed by atoms with Crippen molar-refractivity contribution in [3.63, 3.8) is 0 Å². The predicted molar refractivity (Wildman–Crippen MR) is 128 cm³/mol. The van der Waals surface area contributed by atoms with Gasteiger partial charge < -0.3 is 10.1 Å². The molecule has 1 amide bonds. The van der Waals surface area contributed by atoms with Gasteiger partial charge in [0.25, 0.3) is 0 Å². The van der Waals surface area contributed by atoms with Gasteiger partial charge in [0.1, 0.15) is 11.3 Å². The van der Waals surface area contributed by atoms with Crippen LogP contribution in [0.5, 0.6) is 5.75 Å². The van der Waals surface area contributed by atoms with Crippen molar-refractivity contribution in [1.29, 1.82) is 5.26 Å². The Bertz CT molecular complexity index is 1150. The Morgan fingerprint density at radius 3 is 2.61 bits per heavy atom. The highest BCUT2D eigenvalue weighted by Gasteiger charge is 2.35. The molecule has 1 atom stereocenters. The van der Waals surface area contributed by atoms with Gasteiger partial charge in [-0.25, -0.2) is 0 Å². The van der Waals surface area contributed by atoms with E-state index >= 15 is 0 Å². The number of carbonyl (C=O) groups excluding carboxylic acids is 1. The highest BCUT2D eigenvalue weighted by atomic mass is 32.2. The van der Waals surface area contributed by atoms with Crippen LogP contribution in [-0.4, -0.2) is 38.6 Å². The van der Waals surface area contributed by atoms with Crippen molar-refractivity contribution in [2.24, 2.45) is 0 Å². The second-order valence-corrected chi connectivity index (χ2v) is 9.52. The maximum atomic E-state index is 13.0. The normalized spacial score (nSPS) is 15.9. The molecule has 0 spiro atoms. The van der Waals surface area contributed by atoms with Gasteiger partial charge in [-0.1, -0.05) is 61.4 Å². The van der Waals surface area contributed by atoms with Crippen LogP contribution in [0.3, 0.4) is 0 Å². The second kappa shape index (κ2) is 10.1. The zero-order valence-corrected chi connectivity index (χ0v) is 19.6. The molecular weight excluding hydrogens is 434 g/mol. The molecule has 1 fully saturated rings. The summed E-state index contributed by atoms with van der Waals surface area (Å²) in [5, 5.41) is 21.8. The average molecular weight is 462 g/mol. The first-order valence-corrected chi connectivity index (χ1v) is 12.0. The van der Waals surface area contributed by atoms with Crippen molar-refractivity contribution in [1.82, 2.24) is 20.1 Å². The zero-order valence-electron chi connectivity index (χ0n) is 18.8. The molecule has 4 rings (SSSR count). The van der Waals surface area contributed by atoms with Gasteiger partial charge in [0.05, 0.1) is 18.4 Å². The molecule has 170 valence electrons. The summed E-state index contributed by atoms with van der Waals surface area (Å²) in [6, 6.07) is 19.8. The van der Waals surface area contributed by atoms with E-state index in [0.29, 0.717) is 23.8 Å². The number of carbonyl (C=O) groups is 1. The first-order valence-electron chi connectivity index (χ1n) is 11.1. The van der Waals surface area contributed by atoms with Gasteiger partial charge in [-0.2, -0.15) is 5.26 Å². The number of nitrogens with zero attached hydrogens (tertiary/aromatic N) is 4. The molecule has 1 saturated carbocycles. The fourth-order valence-electron chi connectivity index (χ4n) is 4.07. The van der Waals surface area contributed by atoms with Crippen LogP contribution in [-0.2, 0) is 4.79 Å². The lowest BCUT2D eigenvalue weighted by atomic mass is 9.83. The molecule has 2 aromatic carbocycles. The van der Waals surface area contributed by atoms with Crippen LogP contribution in [0.4, 0.5) is 0 Å². The van der Waals surface area contributed by atoms with E-state index in [0.717, 1.165) is 36.3 Å². The third-order valence-corrected chi connectivity index (χ3v) is 6.95. The van der Waals surface area contributed by atoms with Crippen molar-refractivity contribution >= 4 is 17.7 Å². The standard InChI is InChI=1S/C25H27N5O2S/c1-18(23(31)27-25(17-26)14-7-4-8-15-25)33-24-29-28-22(19-10-9-13-21(16-19)32-2)30(24)20-11-5-3-6-12-20/h3,5-6,9-13,16,18H,4,7-8,14-15H2,1-2H3,(H,27,31). The molecule has 7 nitrogen and oxygen atoms in total. The fraction of sp³-hybridized carbons (Fsp3) is 0.360. The Balaban J connectivity index is 1.63. The third-order valence-electron chi connectivity index (χ3n) is 5.91. The Kier molecular flexibility index (Phi) is 6.99. The van der Waals surface area contributed by atoms with Crippen LogP contribution in [0.25, 0.3) is 17.1 Å². The van der Waals surface area contributed by atoms with Crippen molar-refractivity contribution in [3.05, 3.63) is 54.6 Å². The number of ether oxygens (including phenoxy) is 1. The molecule has 8 heteroatoms. The zero-order chi connectivity index (χ0) is 23.3. The molecule has 1 heterocycles. The summed E-state index contributed by atoms with van der Waals surface area (Å²) < 4.78 is 7.32. The van der Waals surface area contributed by atoms with Crippen molar-refractivity contribution in [2.75, 3.05) is 7.11 Å². The molecule has 3 aromatic rings. The van der Waals surface area contributed by atoms with Crippen molar-refractivity contribution in [2.45, 2.75) is 55.0 Å². The number of rotatable bonds is 7. The van der Waals surface area contributed by atoms with Gasteiger partial charge in [-0.3, -0.25) is 9.36 Å². The largest absolute Gasteiger partial charge is 0.497 e. The van der Waals surface area contributed by atoms with Crippen LogP contribution in [0.1, 0.15) is 39.0 Å². The number of hydrogen-bond donors (Lipinski definition) is 1. The molecule has 0 radical (unpaired) electrons. The van der Waals surface area contributed by atoms with Crippen molar-refractivity contribution in [3.8, 4) is 28.9 Å². The second-order valence-electron chi connectivity index (χ2n) is 8.21. The van der Waals surface area contributed by atoms with Crippen LogP contribution in [0.2, 0.25) is 0 Å². The molecule has 1 N–H and O–H groups in total. The number of benzene rings is 2. The van der Waals surface area contributed by atoms with Gasteiger partial charge in [0.2, 0.25) is 5.91 Å². The van der Waals surface area contributed by atoms with Crippen LogP contribution in [0, 0.1) is 11.3 Å². The maximum Gasteiger partial charge on any atom is 0.234 e. The van der Waals surface area contributed by atoms with Crippen molar-refractivity contribution < 1.29 is 9.53 Å². The van der Waals surface area contributed by atoms with Gasteiger partial charge >= 0.3 is 0 Å². The SMILES string of the molecule is COc1cccc(-c2nnc(SC(C)C(=O)NC3(C#N)CCCCC3)n2-c2ccccc2)c1. The molecule has 1 aliphatic rings. The number of methoxy groups -OCH3 is 1. The quantitative estimate of drug-likeness (QED) is 0.510. The Morgan fingerprint density at radius 2 is 1.91 bits per heavy atom. The van der Waals surface area contributed by atoms with Crippen LogP contribution in [0.15, 0.2) is 59.8 Å². The molecule has 0 bridgehead atoms. The first-order chi connectivity index (χ1) is 16.0. The van der Waals surface area contributed by atoms with E-state index in [4.69, 9.17) is 4.74 Å². The van der Waals surface area contributed by atoms with E-state index in [9.17, 15) is 10.1 Å². The van der Waals surface area contributed by atoms with E-state index in [1.807, 2.05) is 66.1 Å². The lowest BCUT2D eigenvalue weighted by molar-refractivity contribution is -0.121. The lowest BCUT2D eigenvalue weighted by Crippen LogP contribution is -2.50. The van der Waals surface area contributed by atoms with E-state index in [2.05, 4.69) is 21.6 Å². The third kappa shape index (κ3) is 5.04. The van der Waals surface area contributed by atoms with E-state index in [1.54, 1.807) is 7.11 Å². The molecule has 1 unspecified atom stereocenters. The van der Waals surface area contributed by atoms with Crippen LogP contribution < -0.4 is 10.1 Å². The molecule has 0 saturated heterocycles. The molecular formula is C25H27N5O2S. The summed E-state index contributed by atoms with van der Waals surface area (Å²) in [6.07, 6.45) is 4.43. The van der Waals surface area contributed by atoms with Gasteiger partial charge in [-0.15, -0.1) is 10.2 Å². The van der Waals surface area contributed by atoms with Gasteiger partial charge in [0.15, 0.2) is 11.0 Å². The van der Waals surface area contributed by atoms with Gasteiger partial charge in [0, 0.05) is 11.3 Å². The average Bonchev–Trinajstić information content (AvgIpc) is 3.28. The topological polar surface area (TPSA) is 92.8 Å². The molecule has 1 aromatic heterocycles. The minimum absolute atomic E-state index is 0.158. The molecule has 33 heavy (non-hydrogen) atoms. The van der Waals surface area contributed by atoms with Gasteiger partial charge in [-0.05, 0) is 44.0 Å². The number of hydrogen-bond acceptors (Lipinski definition) is 6. The number of thioether (sulfide) groups is 1. The summed E-state index contributed by atoms with van der Waals surface area (Å²) in [7, 11) is 1.63. The molecule has 1 aliphatic carbocycles. The summed E-state index contributed by atoms with van der Waals surface area (Å²) in [6.45, 7) is 1.84. The summed E-state index contributed by atoms with van der Waals surface area (Å²) >= 11 is 1.33. The maximum absolute atomic E-state index is 13.0. The van der Waals surface area contributed by atoms with E-state index in [1.165, 1.54) is 11.8 Å². The fourth-order valence-corrected chi connectivity index (χ4v) is 4.94. The Hall–Kier alpha value is -3.31. The Labute approximate surface area is 198 Å². The lowest BCUT2D eigenvalue weighted by Gasteiger charge is -2.32. The summed E-state index contributed by atoms with van der Waals surface area (Å²) in [4.78, 5) is 13.0. The number of para-hydroxylation sites is 1. The molecule has 0 aliphatic heterocycles. The highest BCUT2D eigenvalue weighted by molar-refractivity contribution is 8.00. The summed E-state index contributed by atoms with van der Waals surface area (Å²) in [5.41, 5.74) is 1.000. The summed E-state index contributed by atoms with van der Waals surface area (Å²) in [5.74, 6) is 1.23. The minimum atomic E-state index is -0.761. The Morgan fingerprint density at radius 1 is 1.15 bits per heavy atom. The number of nitriles is 1. The minimum Gasteiger partial charge on any atom is -0.497 e. The van der Waals surface area contributed by atoms with Crippen LogP contribution >= 0.6 is 11.8 Å². The smallest absolute Gasteiger partial charge is 0.234 e. The van der Waals surface area contributed by atoms with E-state index < -0.39 is 10.8 Å². The first kappa shape index (κ1) is 22.9. The highest BCUT2D eigenvalue weighted by Crippen LogP contribution is 2.33. The monoisotopic (exact) mass is 461 g/mol. The number of amides is 1.